The van der Waals surface area contributed by atoms with Crippen molar-refractivity contribution < 1.29 is 19.4 Å². The number of urea groups is 1. The van der Waals surface area contributed by atoms with Crippen molar-refractivity contribution in [3.05, 3.63) is 47.7 Å². The van der Waals surface area contributed by atoms with E-state index in [0.717, 1.165) is 30.7 Å². The van der Waals surface area contributed by atoms with E-state index in [2.05, 4.69) is 15.7 Å². The molecule has 1 aromatic heterocycles. The minimum absolute atomic E-state index is 0.00728. The third-order valence-corrected chi connectivity index (χ3v) is 4.77. The van der Waals surface area contributed by atoms with Gasteiger partial charge in [-0.15, -0.1) is 0 Å². The minimum atomic E-state index is -0.881. The van der Waals surface area contributed by atoms with Gasteiger partial charge in [0.2, 0.25) is 0 Å². The van der Waals surface area contributed by atoms with Gasteiger partial charge in [0.15, 0.2) is 0 Å². The first-order valence-corrected chi connectivity index (χ1v) is 9.50. The average Bonchev–Trinajstić information content (AvgIpc) is 3.31. The van der Waals surface area contributed by atoms with E-state index in [1.54, 1.807) is 11.7 Å². The molecule has 2 amide bonds. The summed E-state index contributed by atoms with van der Waals surface area (Å²) in [6, 6.07) is 10.8. The van der Waals surface area contributed by atoms with Gasteiger partial charge in [0, 0.05) is 32.2 Å². The molecule has 1 aliphatic heterocycles. The number of nitrogens with zero attached hydrogens (tertiary/aromatic N) is 2. The fraction of sp³-hybridized carbons (Fsp3) is 0.450. The third kappa shape index (κ3) is 5.56. The molecule has 28 heavy (non-hydrogen) atoms. The summed E-state index contributed by atoms with van der Waals surface area (Å²) in [7, 11) is 1.76. The fourth-order valence-corrected chi connectivity index (χ4v) is 3.33. The Morgan fingerprint density at radius 3 is 2.82 bits per heavy atom. The number of rotatable bonds is 8. The molecule has 1 aromatic carbocycles. The monoisotopic (exact) mass is 386 g/mol. The molecule has 0 aliphatic carbocycles. The van der Waals surface area contributed by atoms with E-state index in [1.165, 1.54) is 0 Å². The number of amides is 2. The van der Waals surface area contributed by atoms with Crippen LogP contribution in [0.15, 0.2) is 36.4 Å². The van der Waals surface area contributed by atoms with Gasteiger partial charge >= 0.3 is 12.0 Å². The Hall–Kier alpha value is -2.87. The Morgan fingerprint density at radius 2 is 2.14 bits per heavy atom. The first-order valence-electron chi connectivity index (χ1n) is 9.50. The lowest BCUT2D eigenvalue weighted by atomic mass is 10.0. The normalized spacial score (nSPS) is 17.2. The molecular formula is C20H26N4O4. The molecule has 3 rings (SSSR count). The molecule has 1 fully saturated rings. The zero-order valence-corrected chi connectivity index (χ0v) is 15.9. The highest BCUT2D eigenvalue weighted by Gasteiger charge is 2.22. The largest absolute Gasteiger partial charge is 0.481 e. The standard InChI is InChI=1S/C20H26N4O4/c1-24-18(13-16(23-24)17-8-5-11-28-17)22-20(27)21-15(9-10-19(25)26)12-14-6-3-2-4-7-14/h2-4,6-7,13,15,17H,5,8-12H2,1H3,(H,25,26)(H2,21,22,27). The van der Waals surface area contributed by atoms with E-state index >= 15 is 0 Å². The van der Waals surface area contributed by atoms with E-state index in [4.69, 9.17) is 9.84 Å². The summed E-state index contributed by atoms with van der Waals surface area (Å²) in [6.45, 7) is 0.731. The number of carbonyl (C=O) groups is 2. The molecule has 2 unspecified atom stereocenters. The van der Waals surface area contributed by atoms with Gasteiger partial charge in [-0.2, -0.15) is 5.10 Å². The van der Waals surface area contributed by atoms with Crippen LogP contribution in [0.3, 0.4) is 0 Å². The maximum atomic E-state index is 12.5. The molecule has 0 spiro atoms. The number of nitrogens with one attached hydrogen (secondary N) is 2. The van der Waals surface area contributed by atoms with Gasteiger partial charge in [0.05, 0.1) is 5.69 Å². The van der Waals surface area contributed by atoms with Gasteiger partial charge in [-0.25, -0.2) is 4.79 Å². The first-order chi connectivity index (χ1) is 13.5. The average molecular weight is 386 g/mol. The van der Waals surface area contributed by atoms with Gasteiger partial charge in [-0.1, -0.05) is 30.3 Å². The molecule has 8 nitrogen and oxygen atoms in total. The Bertz CT molecular complexity index is 800. The van der Waals surface area contributed by atoms with Gasteiger partial charge in [-0.05, 0) is 31.2 Å². The van der Waals surface area contributed by atoms with Crippen LogP contribution in [-0.2, 0) is 23.0 Å². The van der Waals surface area contributed by atoms with Crippen molar-refractivity contribution in [1.29, 1.82) is 0 Å². The van der Waals surface area contributed by atoms with Crippen LogP contribution in [0.1, 0.15) is 43.0 Å². The van der Waals surface area contributed by atoms with Crippen molar-refractivity contribution in [2.45, 2.75) is 44.2 Å². The molecular weight excluding hydrogens is 360 g/mol. The lowest BCUT2D eigenvalue weighted by Gasteiger charge is -2.18. The number of hydrogen-bond donors (Lipinski definition) is 3. The van der Waals surface area contributed by atoms with Gasteiger partial charge in [-0.3, -0.25) is 14.8 Å². The molecule has 1 aliphatic rings. The quantitative estimate of drug-likeness (QED) is 0.647. The second kappa shape index (κ2) is 9.36. The Labute approximate surface area is 163 Å². The summed E-state index contributed by atoms with van der Waals surface area (Å²) in [5, 5.41) is 19.1. The van der Waals surface area contributed by atoms with Crippen LogP contribution in [-0.4, -0.2) is 39.5 Å². The summed E-state index contributed by atoms with van der Waals surface area (Å²) < 4.78 is 7.25. The smallest absolute Gasteiger partial charge is 0.320 e. The molecule has 0 radical (unpaired) electrons. The lowest BCUT2D eigenvalue weighted by molar-refractivity contribution is -0.137. The predicted octanol–water partition coefficient (Wildman–Crippen LogP) is 2.87. The highest BCUT2D eigenvalue weighted by Crippen LogP contribution is 2.28. The SMILES string of the molecule is Cn1nc(C2CCCO2)cc1NC(=O)NC(CCC(=O)O)Cc1ccccc1. The number of aliphatic carboxylic acids is 1. The van der Waals surface area contributed by atoms with Crippen molar-refractivity contribution >= 4 is 17.8 Å². The zero-order valence-electron chi connectivity index (χ0n) is 15.9. The zero-order chi connectivity index (χ0) is 19.9. The third-order valence-electron chi connectivity index (χ3n) is 4.77. The van der Waals surface area contributed by atoms with Crippen molar-refractivity contribution in [3.8, 4) is 0 Å². The topological polar surface area (TPSA) is 105 Å². The summed E-state index contributed by atoms with van der Waals surface area (Å²) in [4.78, 5) is 23.5. The van der Waals surface area contributed by atoms with E-state index in [-0.39, 0.29) is 24.6 Å². The minimum Gasteiger partial charge on any atom is -0.481 e. The molecule has 2 atom stereocenters. The molecule has 150 valence electrons. The van der Waals surface area contributed by atoms with Crippen LogP contribution in [0.2, 0.25) is 0 Å². The molecule has 1 saturated heterocycles. The van der Waals surface area contributed by atoms with Crippen molar-refractivity contribution in [2.24, 2.45) is 7.05 Å². The molecule has 8 heteroatoms. The summed E-state index contributed by atoms with van der Waals surface area (Å²) in [5.74, 6) is -0.312. The second-order valence-corrected chi connectivity index (χ2v) is 7.00. The molecule has 0 bridgehead atoms. The number of carboxylic acid groups (broad SMARTS) is 1. The first kappa shape index (κ1) is 19.9. The highest BCUT2D eigenvalue weighted by molar-refractivity contribution is 5.88. The van der Waals surface area contributed by atoms with Crippen molar-refractivity contribution in [3.63, 3.8) is 0 Å². The van der Waals surface area contributed by atoms with Crippen molar-refractivity contribution in [1.82, 2.24) is 15.1 Å². The maximum Gasteiger partial charge on any atom is 0.320 e. The van der Waals surface area contributed by atoms with Crippen LogP contribution >= 0.6 is 0 Å². The Balaban J connectivity index is 1.61. The van der Waals surface area contributed by atoms with Crippen LogP contribution < -0.4 is 10.6 Å². The summed E-state index contributed by atoms with van der Waals surface area (Å²) in [6.07, 6.45) is 2.82. The molecule has 0 saturated carbocycles. The number of anilines is 1. The number of aromatic nitrogens is 2. The lowest BCUT2D eigenvalue weighted by Crippen LogP contribution is -2.40. The number of benzene rings is 1. The maximum absolute atomic E-state index is 12.5. The van der Waals surface area contributed by atoms with E-state index in [1.807, 2.05) is 36.4 Å². The predicted molar refractivity (Wildman–Crippen MR) is 104 cm³/mol. The van der Waals surface area contributed by atoms with E-state index in [9.17, 15) is 9.59 Å². The van der Waals surface area contributed by atoms with E-state index in [0.29, 0.717) is 18.7 Å². The number of carbonyl (C=O) groups excluding carboxylic acids is 1. The van der Waals surface area contributed by atoms with Crippen LogP contribution in [0.5, 0.6) is 0 Å². The van der Waals surface area contributed by atoms with Crippen LogP contribution in [0, 0.1) is 0 Å². The number of hydrogen-bond acceptors (Lipinski definition) is 4. The number of ether oxygens (including phenoxy) is 1. The summed E-state index contributed by atoms with van der Waals surface area (Å²) in [5.41, 5.74) is 1.85. The van der Waals surface area contributed by atoms with Crippen LogP contribution in [0.25, 0.3) is 0 Å². The second-order valence-electron chi connectivity index (χ2n) is 7.00. The summed E-state index contributed by atoms with van der Waals surface area (Å²) >= 11 is 0. The van der Waals surface area contributed by atoms with Gasteiger partial charge < -0.3 is 15.2 Å². The van der Waals surface area contributed by atoms with E-state index < -0.39 is 5.97 Å². The molecule has 2 aromatic rings. The molecule has 3 N–H and O–H groups in total. The molecule has 2 heterocycles. The van der Waals surface area contributed by atoms with Crippen molar-refractivity contribution in [2.75, 3.05) is 11.9 Å². The number of aryl methyl sites for hydroxylation is 1. The fourth-order valence-electron chi connectivity index (χ4n) is 3.33. The van der Waals surface area contributed by atoms with Gasteiger partial charge in [0.25, 0.3) is 0 Å². The van der Waals surface area contributed by atoms with Gasteiger partial charge in [0.1, 0.15) is 11.9 Å². The number of carboxylic acids is 1. The Kier molecular flexibility index (Phi) is 6.65. The van der Waals surface area contributed by atoms with Crippen LogP contribution in [0.4, 0.5) is 10.6 Å². The Morgan fingerprint density at radius 1 is 1.36 bits per heavy atom. The highest BCUT2D eigenvalue weighted by atomic mass is 16.5.